The van der Waals surface area contributed by atoms with Crippen LogP contribution in [0.4, 0.5) is 0 Å². The van der Waals surface area contributed by atoms with Crippen molar-refractivity contribution in [3.63, 3.8) is 0 Å². The summed E-state index contributed by atoms with van der Waals surface area (Å²) >= 11 is 0. The maximum atomic E-state index is 12.5. The van der Waals surface area contributed by atoms with Crippen LogP contribution in [0.25, 0.3) is 0 Å². The number of carbonyl (C=O) groups excluding carboxylic acids is 1. The van der Waals surface area contributed by atoms with Crippen LogP contribution in [0.3, 0.4) is 0 Å². The lowest BCUT2D eigenvalue weighted by atomic mass is 10.1. The zero-order chi connectivity index (χ0) is 15.4. The molecule has 2 rings (SSSR count). The molecule has 2 unspecified atom stereocenters. The number of benzene rings is 1. The predicted molar refractivity (Wildman–Crippen MR) is 79.8 cm³/mol. The minimum absolute atomic E-state index is 0.112. The number of ether oxygens (including phenoxy) is 3. The minimum Gasteiger partial charge on any atom is -0.493 e. The molecule has 1 amide bonds. The highest BCUT2D eigenvalue weighted by atomic mass is 16.5. The van der Waals surface area contributed by atoms with Crippen molar-refractivity contribution in [2.75, 3.05) is 27.4 Å². The first-order valence-electron chi connectivity index (χ1n) is 7.16. The Morgan fingerprint density at radius 3 is 2.38 bits per heavy atom. The molecule has 116 valence electrons. The van der Waals surface area contributed by atoms with E-state index in [2.05, 4.69) is 0 Å². The molecule has 0 N–H and O–H groups in total. The van der Waals surface area contributed by atoms with Gasteiger partial charge in [0, 0.05) is 0 Å². The summed E-state index contributed by atoms with van der Waals surface area (Å²) in [7, 11) is 3.19. The third-order valence-electron chi connectivity index (χ3n) is 3.76. The first-order valence-corrected chi connectivity index (χ1v) is 7.16. The lowest BCUT2D eigenvalue weighted by Gasteiger charge is -2.39. The summed E-state index contributed by atoms with van der Waals surface area (Å²) in [6.45, 7) is 5.23. The Kier molecular flexibility index (Phi) is 5.07. The Morgan fingerprint density at radius 2 is 1.81 bits per heavy atom. The molecule has 1 aliphatic heterocycles. The molecule has 5 heteroatoms. The second-order valence-corrected chi connectivity index (χ2v) is 5.40. The standard InChI is InChI=1S/C16H23NO4/c1-11-9-21-10-12(2)17(11)16(18)8-13-5-6-14(19-3)15(7-13)20-4/h5-7,11-12H,8-10H2,1-4H3. The summed E-state index contributed by atoms with van der Waals surface area (Å²) in [4.78, 5) is 14.5. The molecule has 5 nitrogen and oxygen atoms in total. The van der Waals surface area contributed by atoms with Gasteiger partial charge in [-0.2, -0.15) is 0 Å². The van der Waals surface area contributed by atoms with Gasteiger partial charge >= 0.3 is 0 Å². The summed E-state index contributed by atoms with van der Waals surface area (Å²) in [5.41, 5.74) is 0.920. The molecule has 21 heavy (non-hydrogen) atoms. The first-order chi connectivity index (χ1) is 10.1. The summed E-state index contributed by atoms with van der Waals surface area (Å²) in [5.74, 6) is 1.43. The van der Waals surface area contributed by atoms with E-state index >= 15 is 0 Å². The molecular formula is C16H23NO4. The van der Waals surface area contributed by atoms with E-state index in [0.29, 0.717) is 31.1 Å². The van der Waals surface area contributed by atoms with E-state index in [-0.39, 0.29) is 18.0 Å². The van der Waals surface area contributed by atoms with Gasteiger partial charge in [0.05, 0.1) is 45.9 Å². The average Bonchev–Trinajstić information content (AvgIpc) is 2.46. The van der Waals surface area contributed by atoms with Crippen molar-refractivity contribution < 1.29 is 19.0 Å². The predicted octanol–water partition coefficient (Wildman–Crippen LogP) is 1.88. The summed E-state index contributed by atoms with van der Waals surface area (Å²) in [6.07, 6.45) is 0.356. The fraction of sp³-hybridized carbons (Fsp3) is 0.562. The van der Waals surface area contributed by atoms with Gasteiger partial charge in [-0.15, -0.1) is 0 Å². The number of nitrogens with zero attached hydrogens (tertiary/aromatic N) is 1. The molecule has 1 aromatic rings. The number of rotatable bonds is 4. The second kappa shape index (κ2) is 6.80. The van der Waals surface area contributed by atoms with Crippen molar-refractivity contribution in [3.05, 3.63) is 23.8 Å². The van der Waals surface area contributed by atoms with Gasteiger partial charge in [-0.25, -0.2) is 0 Å². The van der Waals surface area contributed by atoms with Gasteiger partial charge in [0.1, 0.15) is 0 Å². The Morgan fingerprint density at radius 1 is 1.19 bits per heavy atom. The van der Waals surface area contributed by atoms with Gasteiger partial charge in [0.25, 0.3) is 0 Å². The molecule has 0 spiro atoms. The highest BCUT2D eigenvalue weighted by molar-refractivity contribution is 5.79. The maximum absolute atomic E-state index is 12.5. The van der Waals surface area contributed by atoms with Gasteiger partial charge in [0.15, 0.2) is 11.5 Å². The molecule has 1 heterocycles. The van der Waals surface area contributed by atoms with Crippen molar-refractivity contribution in [2.24, 2.45) is 0 Å². The van der Waals surface area contributed by atoms with Crippen molar-refractivity contribution in [2.45, 2.75) is 32.4 Å². The molecule has 2 atom stereocenters. The van der Waals surface area contributed by atoms with E-state index in [4.69, 9.17) is 14.2 Å². The lowest BCUT2D eigenvalue weighted by Crippen LogP contribution is -2.53. The molecule has 1 aliphatic rings. The molecule has 1 aromatic carbocycles. The Balaban J connectivity index is 2.11. The molecular weight excluding hydrogens is 270 g/mol. The van der Waals surface area contributed by atoms with Crippen LogP contribution in [0.2, 0.25) is 0 Å². The lowest BCUT2D eigenvalue weighted by molar-refractivity contribution is -0.143. The van der Waals surface area contributed by atoms with E-state index in [1.807, 2.05) is 36.9 Å². The molecule has 0 bridgehead atoms. The first kappa shape index (κ1) is 15.6. The van der Waals surface area contributed by atoms with E-state index < -0.39 is 0 Å². The van der Waals surface area contributed by atoms with Crippen LogP contribution in [-0.4, -0.2) is 50.3 Å². The van der Waals surface area contributed by atoms with Gasteiger partial charge in [0.2, 0.25) is 5.91 Å². The van der Waals surface area contributed by atoms with Crippen LogP contribution in [0.15, 0.2) is 18.2 Å². The van der Waals surface area contributed by atoms with Crippen molar-refractivity contribution >= 4 is 5.91 Å². The molecule has 1 saturated heterocycles. The third-order valence-corrected chi connectivity index (χ3v) is 3.76. The Hall–Kier alpha value is -1.75. The fourth-order valence-electron chi connectivity index (χ4n) is 2.75. The molecule has 0 aromatic heterocycles. The number of methoxy groups -OCH3 is 2. The maximum Gasteiger partial charge on any atom is 0.227 e. The van der Waals surface area contributed by atoms with Crippen LogP contribution in [-0.2, 0) is 16.0 Å². The van der Waals surface area contributed by atoms with Crippen LogP contribution in [0.1, 0.15) is 19.4 Å². The van der Waals surface area contributed by atoms with Crippen LogP contribution in [0.5, 0.6) is 11.5 Å². The summed E-state index contributed by atoms with van der Waals surface area (Å²) < 4.78 is 15.9. The zero-order valence-electron chi connectivity index (χ0n) is 13.1. The normalized spacial score (nSPS) is 22.0. The van der Waals surface area contributed by atoms with Crippen molar-refractivity contribution in [1.29, 1.82) is 0 Å². The van der Waals surface area contributed by atoms with Gasteiger partial charge in [-0.1, -0.05) is 6.07 Å². The second-order valence-electron chi connectivity index (χ2n) is 5.40. The van der Waals surface area contributed by atoms with Crippen LogP contribution < -0.4 is 9.47 Å². The minimum atomic E-state index is 0.112. The molecule has 0 aliphatic carbocycles. The van der Waals surface area contributed by atoms with Crippen LogP contribution >= 0.6 is 0 Å². The number of amides is 1. The van der Waals surface area contributed by atoms with Crippen molar-refractivity contribution in [1.82, 2.24) is 4.90 Å². The number of morpholine rings is 1. The summed E-state index contributed by atoms with van der Waals surface area (Å²) in [5, 5.41) is 0. The number of hydrogen-bond donors (Lipinski definition) is 0. The highest BCUT2D eigenvalue weighted by Gasteiger charge is 2.29. The van der Waals surface area contributed by atoms with Gasteiger partial charge in [-0.3, -0.25) is 4.79 Å². The van der Waals surface area contributed by atoms with E-state index in [9.17, 15) is 4.79 Å². The highest BCUT2D eigenvalue weighted by Crippen LogP contribution is 2.28. The fourth-order valence-corrected chi connectivity index (χ4v) is 2.75. The smallest absolute Gasteiger partial charge is 0.227 e. The largest absolute Gasteiger partial charge is 0.493 e. The average molecular weight is 293 g/mol. The van der Waals surface area contributed by atoms with E-state index in [1.165, 1.54) is 0 Å². The molecule has 0 radical (unpaired) electrons. The Bertz CT molecular complexity index is 493. The monoisotopic (exact) mass is 293 g/mol. The molecule has 0 saturated carbocycles. The summed E-state index contributed by atoms with van der Waals surface area (Å²) in [6, 6.07) is 5.80. The number of hydrogen-bond acceptors (Lipinski definition) is 4. The Labute approximate surface area is 125 Å². The van der Waals surface area contributed by atoms with Gasteiger partial charge in [-0.05, 0) is 31.5 Å². The zero-order valence-corrected chi connectivity index (χ0v) is 13.1. The van der Waals surface area contributed by atoms with Gasteiger partial charge < -0.3 is 19.1 Å². The molecule has 1 fully saturated rings. The van der Waals surface area contributed by atoms with E-state index in [1.54, 1.807) is 14.2 Å². The topological polar surface area (TPSA) is 48.0 Å². The SMILES string of the molecule is COc1ccc(CC(=O)N2C(C)COCC2C)cc1OC. The van der Waals surface area contributed by atoms with Crippen LogP contribution in [0, 0.1) is 0 Å². The number of carbonyl (C=O) groups is 1. The van der Waals surface area contributed by atoms with E-state index in [0.717, 1.165) is 5.56 Å². The quantitative estimate of drug-likeness (QED) is 0.850. The van der Waals surface area contributed by atoms with Crippen molar-refractivity contribution in [3.8, 4) is 11.5 Å². The third kappa shape index (κ3) is 3.47.